The summed E-state index contributed by atoms with van der Waals surface area (Å²) in [5.41, 5.74) is 1.38. The van der Waals surface area contributed by atoms with Crippen LogP contribution in [-0.4, -0.2) is 33.4 Å². The monoisotopic (exact) mass is 470 g/mol. The maximum atomic E-state index is 13.4. The summed E-state index contributed by atoms with van der Waals surface area (Å²) < 4.78 is 87.3. The summed E-state index contributed by atoms with van der Waals surface area (Å²) in [7, 11) is 0. The zero-order valence-corrected chi connectivity index (χ0v) is 17.0. The smallest absolute Gasteiger partial charge is 0.422 e. The molecule has 0 atom stereocenters. The zero-order valence-electron chi connectivity index (χ0n) is 17.0. The molecule has 0 aliphatic rings. The number of furan rings is 1. The molecule has 2 aromatic heterocycles. The van der Waals surface area contributed by atoms with Gasteiger partial charge in [-0.3, -0.25) is 0 Å². The number of rotatable bonds is 6. The van der Waals surface area contributed by atoms with E-state index in [0.717, 1.165) is 28.6 Å². The van der Waals surface area contributed by atoms with Crippen molar-refractivity contribution < 1.29 is 35.5 Å². The summed E-state index contributed by atoms with van der Waals surface area (Å²) in [5.74, 6) is -0.150. The fraction of sp³-hybridized carbons (Fsp3) is 0.286. The van der Waals surface area contributed by atoms with Gasteiger partial charge in [-0.05, 0) is 72.0 Å². The van der Waals surface area contributed by atoms with Gasteiger partial charge in [0, 0.05) is 5.39 Å². The van der Waals surface area contributed by atoms with Gasteiger partial charge in [-0.15, -0.1) is 10.2 Å². The number of aryl methyl sites for hydroxylation is 3. The molecular weight excluding hydrogens is 454 g/mol. The number of tetrazole rings is 1. The van der Waals surface area contributed by atoms with Crippen LogP contribution in [0.1, 0.15) is 22.3 Å². The van der Waals surface area contributed by atoms with Crippen LogP contribution in [0.3, 0.4) is 0 Å². The van der Waals surface area contributed by atoms with Crippen LogP contribution in [0.2, 0.25) is 0 Å². The van der Waals surface area contributed by atoms with Gasteiger partial charge in [0.15, 0.2) is 12.4 Å². The highest BCUT2D eigenvalue weighted by atomic mass is 19.4. The number of hydrogen-bond acceptors (Lipinski definition) is 5. The second kappa shape index (κ2) is 8.41. The number of fused-ring (bicyclic) bond motifs is 1. The van der Waals surface area contributed by atoms with Gasteiger partial charge < -0.3 is 9.15 Å². The Labute approximate surface area is 182 Å². The van der Waals surface area contributed by atoms with Crippen LogP contribution < -0.4 is 4.74 Å². The van der Waals surface area contributed by atoms with E-state index >= 15 is 0 Å². The first-order chi connectivity index (χ1) is 15.5. The van der Waals surface area contributed by atoms with Gasteiger partial charge in [0.05, 0.1) is 5.56 Å². The van der Waals surface area contributed by atoms with E-state index < -0.39 is 30.3 Å². The van der Waals surface area contributed by atoms with Crippen molar-refractivity contribution in [2.45, 2.75) is 32.1 Å². The van der Waals surface area contributed by atoms with E-state index in [0.29, 0.717) is 23.3 Å². The number of H-pyrrole nitrogens is 1. The Morgan fingerprint density at radius 1 is 1.00 bits per heavy atom. The Morgan fingerprint density at radius 3 is 2.45 bits per heavy atom. The Kier molecular flexibility index (Phi) is 5.76. The molecule has 0 amide bonds. The molecule has 33 heavy (non-hydrogen) atoms. The molecule has 2 heterocycles. The van der Waals surface area contributed by atoms with Crippen LogP contribution >= 0.6 is 0 Å². The summed E-state index contributed by atoms with van der Waals surface area (Å²) in [6.07, 6.45) is -8.98. The number of halogens is 6. The third-order valence-corrected chi connectivity index (χ3v) is 4.96. The van der Waals surface area contributed by atoms with E-state index in [2.05, 4.69) is 25.4 Å². The first kappa shape index (κ1) is 22.6. The average Bonchev–Trinajstić information content (AvgIpc) is 3.39. The topological polar surface area (TPSA) is 76.8 Å². The molecule has 2 aromatic carbocycles. The van der Waals surface area contributed by atoms with E-state index in [1.807, 2.05) is 13.0 Å². The van der Waals surface area contributed by atoms with Crippen LogP contribution in [0.4, 0.5) is 26.3 Å². The van der Waals surface area contributed by atoms with Crippen molar-refractivity contribution in [2.24, 2.45) is 0 Å². The SMILES string of the molecule is Cc1cc2cc(-c3nn[nH]n3)oc2cc1CCc1ccc(OCC(F)(F)F)c(C(F)(F)F)c1. The van der Waals surface area contributed by atoms with Gasteiger partial charge in [-0.25, -0.2) is 0 Å². The number of aromatic nitrogens is 4. The molecule has 0 fully saturated rings. The van der Waals surface area contributed by atoms with Gasteiger partial charge in [-0.1, -0.05) is 6.07 Å². The zero-order chi connectivity index (χ0) is 23.8. The van der Waals surface area contributed by atoms with Crippen LogP contribution in [-0.2, 0) is 19.0 Å². The van der Waals surface area contributed by atoms with Crippen LogP contribution in [0.5, 0.6) is 5.75 Å². The van der Waals surface area contributed by atoms with Crippen molar-refractivity contribution >= 4 is 11.0 Å². The Bertz CT molecular complexity index is 1260. The molecule has 174 valence electrons. The summed E-state index contributed by atoms with van der Waals surface area (Å²) in [4.78, 5) is 0. The molecule has 0 aliphatic carbocycles. The molecule has 1 N–H and O–H groups in total. The summed E-state index contributed by atoms with van der Waals surface area (Å²) in [6, 6.07) is 8.50. The normalized spacial score (nSPS) is 12.5. The van der Waals surface area contributed by atoms with Crippen molar-refractivity contribution in [2.75, 3.05) is 6.61 Å². The van der Waals surface area contributed by atoms with E-state index in [-0.39, 0.29) is 12.2 Å². The van der Waals surface area contributed by atoms with E-state index in [9.17, 15) is 26.3 Å². The molecular formula is C21H16F6N4O2. The number of ether oxygens (including phenoxy) is 1. The number of alkyl halides is 6. The highest BCUT2D eigenvalue weighted by molar-refractivity contribution is 5.83. The predicted molar refractivity (Wildman–Crippen MR) is 105 cm³/mol. The van der Waals surface area contributed by atoms with Crippen molar-refractivity contribution in [3.8, 4) is 17.3 Å². The maximum Gasteiger partial charge on any atom is 0.422 e. The molecule has 0 bridgehead atoms. The maximum absolute atomic E-state index is 13.4. The fourth-order valence-corrected chi connectivity index (χ4v) is 3.41. The Balaban J connectivity index is 1.55. The van der Waals surface area contributed by atoms with Crippen molar-refractivity contribution in [1.29, 1.82) is 0 Å². The van der Waals surface area contributed by atoms with Crippen molar-refractivity contribution in [3.63, 3.8) is 0 Å². The number of aromatic amines is 1. The van der Waals surface area contributed by atoms with E-state index in [4.69, 9.17) is 4.42 Å². The van der Waals surface area contributed by atoms with Crippen LogP contribution in [0, 0.1) is 6.92 Å². The molecule has 0 saturated heterocycles. The second-order valence-electron chi connectivity index (χ2n) is 7.39. The Hall–Kier alpha value is -3.57. The summed E-state index contributed by atoms with van der Waals surface area (Å²) in [5, 5.41) is 14.3. The standard InChI is InChI=1S/C21H16F6N4O2/c1-11-6-14-9-18(19-28-30-31-29-19)33-17(14)8-13(11)4-2-12-3-5-16(32-10-20(22,23)24)15(7-12)21(25,26)27/h3,5-9H,2,4,10H2,1H3,(H,28,29,30,31). The molecule has 0 radical (unpaired) electrons. The molecule has 0 aliphatic heterocycles. The third-order valence-electron chi connectivity index (χ3n) is 4.96. The van der Waals surface area contributed by atoms with Gasteiger partial charge >= 0.3 is 12.4 Å². The highest BCUT2D eigenvalue weighted by Crippen LogP contribution is 2.38. The quantitative estimate of drug-likeness (QED) is 0.368. The summed E-state index contributed by atoms with van der Waals surface area (Å²) >= 11 is 0. The number of benzene rings is 2. The second-order valence-corrected chi connectivity index (χ2v) is 7.39. The lowest BCUT2D eigenvalue weighted by Crippen LogP contribution is -2.21. The highest BCUT2D eigenvalue weighted by Gasteiger charge is 2.36. The predicted octanol–water partition coefficient (Wildman–Crippen LogP) is 5.67. The minimum atomic E-state index is -4.86. The molecule has 12 heteroatoms. The lowest BCUT2D eigenvalue weighted by molar-refractivity contribution is -0.158. The van der Waals surface area contributed by atoms with Gasteiger partial charge in [0.2, 0.25) is 5.82 Å². The summed E-state index contributed by atoms with van der Waals surface area (Å²) in [6.45, 7) is 0.0641. The molecule has 4 rings (SSSR count). The molecule has 0 unspecified atom stereocenters. The third kappa shape index (κ3) is 5.26. The average molecular weight is 470 g/mol. The first-order valence-corrected chi connectivity index (χ1v) is 9.66. The molecule has 0 spiro atoms. The van der Waals surface area contributed by atoms with E-state index in [1.54, 1.807) is 12.1 Å². The minimum absolute atomic E-state index is 0.230. The minimum Gasteiger partial charge on any atom is -0.483 e. The van der Waals surface area contributed by atoms with Gasteiger partial charge in [-0.2, -0.15) is 31.6 Å². The lowest BCUT2D eigenvalue weighted by atomic mass is 9.98. The molecule has 6 nitrogen and oxygen atoms in total. The molecule has 4 aromatic rings. The largest absolute Gasteiger partial charge is 0.483 e. The lowest BCUT2D eigenvalue weighted by Gasteiger charge is -2.16. The van der Waals surface area contributed by atoms with Gasteiger partial charge in [0.25, 0.3) is 0 Å². The van der Waals surface area contributed by atoms with Crippen molar-refractivity contribution in [3.05, 3.63) is 58.7 Å². The van der Waals surface area contributed by atoms with Crippen LogP contribution in [0.25, 0.3) is 22.6 Å². The number of nitrogens with zero attached hydrogens (tertiary/aromatic N) is 3. The first-order valence-electron chi connectivity index (χ1n) is 9.66. The van der Waals surface area contributed by atoms with E-state index in [1.165, 1.54) is 6.07 Å². The van der Waals surface area contributed by atoms with Crippen LogP contribution in [0.15, 0.2) is 40.8 Å². The Morgan fingerprint density at radius 2 is 1.79 bits per heavy atom. The molecule has 0 saturated carbocycles. The van der Waals surface area contributed by atoms with Gasteiger partial charge in [0.1, 0.15) is 11.3 Å². The van der Waals surface area contributed by atoms with Crippen molar-refractivity contribution in [1.82, 2.24) is 20.6 Å². The fourth-order valence-electron chi connectivity index (χ4n) is 3.41. The number of hydrogen-bond donors (Lipinski definition) is 1. The number of nitrogens with one attached hydrogen (secondary N) is 1.